The number of fused-ring (bicyclic) bond motifs is 1. The molecule has 6 heteroatoms. The van der Waals surface area contributed by atoms with E-state index in [9.17, 15) is 14.7 Å². The minimum absolute atomic E-state index is 0.0416. The van der Waals surface area contributed by atoms with Crippen LogP contribution in [-0.2, 0) is 11.3 Å². The summed E-state index contributed by atoms with van der Waals surface area (Å²) in [6.45, 7) is 6.57. The number of nitrogens with one attached hydrogen (secondary N) is 1. The van der Waals surface area contributed by atoms with E-state index in [2.05, 4.69) is 29.6 Å². The van der Waals surface area contributed by atoms with Crippen molar-refractivity contribution < 1.29 is 14.7 Å². The van der Waals surface area contributed by atoms with Crippen molar-refractivity contribution in [2.24, 2.45) is 0 Å². The third kappa shape index (κ3) is 3.73. The van der Waals surface area contributed by atoms with Gasteiger partial charge in [0.25, 0.3) is 0 Å². The van der Waals surface area contributed by atoms with Crippen LogP contribution >= 0.6 is 0 Å². The predicted octanol–water partition coefficient (Wildman–Crippen LogP) is 3.06. The summed E-state index contributed by atoms with van der Waals surface area (Å²) < 4.78 is 0.165. The maximum atomic E-state index is 12.7. The average molecular weight is 410 g/mol. The summed E-state index contributed by atoms with van der Waals surface area (Å²) in [7, 11) is 3.84. The SMILES string of the molecule is CCN(C(=O)[O-])[C@@H]1C[C@H](C)[N+](C)(C(C)=O)c2ccc(-c3ccc(CNC)cc3)cc21. The van der Waals surface area contributed by atoms with Gasteiger partial charge >= 0.3 is 5.91 Å². The van der Waals surface area contributed by atoms with Crippen LogP contribution < -0.4 is 14.9 Å². The first kappa shape index (κ1) is 22.0. The van der Waals surface area contributed by atoms with Crippen molar-refractivity contribution in [1.29, 1.82) is 0 Å². The summed E-state index contributed by atoms with van der Waals surface area (Å²) in [5, 5.41) is 15.0. The van der Waals surface area contributed by atoms with Gasteiger partial charge in [0.2, 0.25) is 0 Å². The average Bonchev–Trinajstić information content (AvgIpc) is 2.72. The van der Waals surface area contributed by atoms with Gasteiger partial charge in [-0.1, -0.05) is 24.3 Å². The molecular formula is C24H31N3O3. The molecule has 6 nitrogen and oxygen atoms in total. The number of quaternary nitrogens is 1. The van der Waals surface area contributed by atoms with Crippen molar-refractivity contribution in [2.45, 2.75) is 45.8 Å². The Morgan fingerprint density at radius 3 is 2.33 bits per heavy atom. The number of hydrogen-bond acceptors (Lipinski definition) is 4. The summed E-state index contributed by atoms with van der Waals surface area (Å²) in [4.78, 5) is 25.9. The highest BCUT2D eigenvalue weighted by Gasteiger charge is 2.47. The van der Waals surface area contributed by atoms with Gasteiger partial charge in [0.05, 0.1) is 26.1 Å². The molecule has 0 aliphatic carbocycles. The molecule has 160 valence electrons. The molecule has 2 aromatic carbocycles. The van der Waals surface area contributed by atoms with Gasteiger partial charge < -0.3 is 20.1 Å². The molecule has 30 heavy (non-hydrogen) atoms. The lowest BCUT2D eigenvalue weighted by Crippen LogP contribution is -2.60. The first-order valence-electron chi connectivity index (χ1n) is 10.5. The topological polar surface area (TPSA) is 72.5 Å². The lowest BCUT2D eigenvalue weighted by molar-refractivity contribution is -0.268. The Kier molecular flexibility index (Phi) is 6.29. The van der Waals surface area contributed by atoms with Gasteiger partial charge in [-0.2, -0.15) is 0 Å². The zero-order valence-corrected chi connectivity index (χ0v) is 18.4. The second-order valence-corrected chi connectivity index (χ2v) is 8.25. The van der Waals surface area contributed by atoms with E-state index in [1.54, 1.807) is 6.92 Å². The highest BCUT2D eigenvalue weighted by atomic mass is 16.4. The number of rotatable bonds is 5. The fraction of sp³-hybridized carbons (Fsp3) is 0.417. The molecule has 0 saturated heterocycles. The van der Waals surface area contributed by atoms with Crippen LogP contribution in [0.3, 0.4) is 0 Å². The van der Waals surface area contributed by atoms with Crippen LogP contribution in [0.5, 0.6) is 0 Å². The molecule has 0 radical (unpaired) electrons. The van der Waals surface area contributed by atoms with Gasteiger partial charge in [-0.15, -0.1) is 0 Å². The number of amides is 2. The summed E-state index contributed by atoms with van der Waals surface area (Å²) in [6, 6.07) is 14.0. The first-order chi connectivity index (χ1) is 14.2. The summed E-state index contributed by atoms with van der Waals surface area (Å²) in [6.07, 6.45) is -0.614. The third-order valence-electron chi connectivity index (χ3n) is 6.61. The summed E-state index contributed by atoms with van der Waals surface area (Å²) >= 11 is 0. The van der Waals surface area contributed by atoms with Crippen LogP contribution in [0, 0.1) is 0 Å². The van der Waals surface area contributed by atoms with Crippen molar-refractivity contribution in [3.8, 4) is 11.1 Å². The molecule has 0 aromatic heterocycles. The fourth-order valence-corrected chi connectivity index (χ4v) is 4.59. The summed E-state index contributed by atoms with van der Waals surface area (Å²) in [5.74, 6) is 0.0443. The maximum Gasteiger partial charge on any atom is 0.315 e. The summed E-state index contributed by atoms with van der Waals surface area (Å²) in [5.41, 5.74) is 5.01. The highest BCUT2D eigenvalue weighted by molar-refractivity contribution is 5.89. The Labute approximate surface area is 178 Å². The predicted molar refractivity (Wildman–Crippen MR) is 118 cm³/mol. The van der Waals surface area contributed by atoms with E-state index >= 15 is 0 Å². The van der Waals surface area contributed by atoms with E-state index in [0.29, 0.717) is 13.0 Å². The van der Waals surface area contributed by atoms with E-state index < -0.39 is 6.09 Å². The Balaban J connectivity index is 2.14. The van der Waals surface area contributed by atoms with Gasteiger partial charge in [-0.25, -0.2) is 9.28 Å². The molecule has 3 rings (SSSR count). The molecule has 0 saturated carbocycles. The Morgan fingerprint density at radius 2 is 1.80 bits per heavy atom. The quantitative estimate of drug-likeness (QED) is 0.771. The van der Waals surface area contributed by atoms with Gasteiger partial charge in [0.1, 0.15) is 11.8 Å². The van der Waals surface area contributed by atoms with Crippen LogP contribution in [0.25, 0.3) is 11.1 Å². The van der Waals surface area contributed by atoms with Crippen molar-refractivity contribution >= 4 is 17.7 Å². The van der Waals surface area contributed by atoms with Crippen LogP contribution in [0.1, 0.15) is 44.4 Å². The van der Waals surface area contributed by atoms with Crippen molar-refractivity contribution in [3.05, 3.63) is 53.6 Å². The Bertz CT molecular complexity index is 941. The van der Waals surface area contributed by atoms with Crippen LogP contribution in [0.4, 0.5) is 10.5 Å². The number of hydrogen-bond donors (Lipinski definition) is 1. The standard InChI is InChI=1S/C24H31N3O3/c1-6-26(24(29)30)22-13-16(2)27(5,17(3)28)23-12-11-20(14-21(22)23)19-9-7-18(8-10-19)15-25-4/h7-12,14,16,22,25H,6,13,15H2,1-5H3/t16-,22+,27?/m0/s1. The number of carbonyl (C=O) groups excluding carboxylic acids is 2. The largest absolute Gasteiger partial charge is 0.530 e. The molecule has 1 aliphatic rings. The van der Waals surface area contributed by atoms with Crippen LogP contribution in [0.15, 0.2) is 42.5 Å². The fourth-order valence-electron chi connectivity index (χ4n) is 4.59. The smallest absolute Gasteiger partial charge is 0.315 e. The minimum Gasteiger partial charge on any atom is -0.530 e. The van der Waals surface area contributed by atoms with Crippen LogP contribution in [-0.4, -0.2) is 43.6 Å². The van der Waals surface area contributed by atoms with E-state index in [1.807, 2.05) is 46.1 Å². The molecule has 1 heterocycles. The number of carboxylic acid groups (broad SMARTS) is 1. The van der Waals surface area contributed by atoms with Gasteiger partial charge in [0.15, 0.2) is 0 Å². The van der Waals surface area contributed by atoms with Crippen molar-refractivity contribution in [2.75, 3.05) is 20.6 Å². The lowest BCUT2D eigenvalue weighted by Gasteiger charge is -2.47. The lowest BCUT2D eigenvalue weighted by atomic mass is 9.86. The molecule has 0 fully saturated rings. The normalized spacial score (nSPS) is 23.0. The monoisotopic (exact) mass is 409 g/mol. The molecule has 2 amide bonds. The van der Waals surface area contributed by atoms with E-state index in [1.165, 1.54) is 10.5 Å². The van der Waals surface area contributed by atoms with Crippen molar-refractivity contribution in [3.63, 3.8) is 0 Å². The molecular weight excluding hydrogens is 378 g/mol. The van der Waals surface area contributed by atoms with Gasteiger partial charge in [-0.3, -0.25) is 0 Å². The number of carbonyl (C=O) groups is 2. The molecule has 1 unspecified atom stereocenters. The molecule has 3 atom stereocenters. The van der Waals surface area contributed by atoms with Gasteiger partial charge in [0, 0.05) is 31.1 Å². The molecule has 0 bridgehead atoms. The Morgan fingerprint density at radius 1 is 1.17 bits per heavy atom. The van der Waals surface area contributed by atoms with E-state index in [4.69, 9.17) is 0 Å². The molecule has 2 aromatic rings. The first-order valence-corrected chi connectivity index (χ1v) is 10.5. The number of nitrogens with zero attached hydrogens (tertiary/aromatic N) is 2. The third-order valence-corrected chi connectivity index (χ3v) is 6.61. The second kappa shape index (κ2) is 8.58. The zero-order valence-electron chi connectivity index (χ0n) is 18.4. The van der Waals surface area contributed by atoms with Crippen molar-refractivity contribution in [1.82, 2.24) is 14.7 Å². The molecule has 0 spiro atoms. The minimum atomic E-state index is -1.18. The second-order valence-electron chi connectivity index (χ2n) is 8.25. The van der Waals surface area contributed by atoms with E-state index in [-0.39, 0.29) is 22.5 Å². The maximum absolute atomic E-state index is 12.7. The van der Waals surface area contributed by atoms with Gasteiger partial charge in [-0.05, 0) is 49.7 Å². The molecule has 1 aliphatic heterocycles. The number of benzene rings is 2. The molecule has 1 N–H and O–H groups in total. The zero-order chi connectivity index (χ0) is 22.1. The van der Waals surface area contributed by atoms with Crippen LogP contribution in [0.2, 0.25) is 0 Å². The highest BCUT2D eigenvalue weighted by Crippen LogP contribution is 2.45. The Hall–Kier alpha value is -2.70. The van der Waals surface area contributed by atoms with E-state index in [0.717, 1.165) is 28.9 Å².